The van der Waals surface area contributed by atoms with Crippen LogP contribution >= 0.6 is 11.8 Å². The molecule has 0 saturated heterocycles. The predicted octanol–water partition coefficient (Wildman–Crippen LogP) is 3.66. The lowest BCUT2D eigenvalue weighted by atomic mass is 10.2. The molecule has 1 aromatic rings. The van der Waals surface area contributed by atoms with Crippen LogP contribution in [-0.2, 0) is 15.4 Å². The molecule has 0 fully saturated rings. The van der Waals surface area contributed by atoms with Crippen molar-refractivity contribution >= 4 is 28.0 Å². The van der Waals surface area contributed by atoms with Gasteiger partial charge in [-0.1, -0.05) is 32.5 Å². The van der Waals surface area contributed by atoms with Gasteiger partial charge in [0.25, 0.3) is 0 Å². The third-order valence-corrected chi connectivity index (χ3v) is 4.47. The molecule has 0 aliphatic rings. The number of carbonyl (C=O) groups is 1. The molecule has 0 saturated carbocycles. The maximum atomic E-state index is 12.2. The number of hydroxylamine groups is 2. The van der Waals surface area contributed by atoms with Gasteiger partial charge in [-0.15, -0.1) is 0 Å². The van der Waals surface area contributed by atoms with Crippen LogP contribution in [0.2, 0.25) is 0 Å². The molecule has 0 aliphatic carbocycles. The van der Waals surface area contributed by atoms with E-state index in [0.717, 1.165) is 31.7 Å². The Morgan fingerprint density at radius 2 is 1.71 bits per heavy atom. The third-order valence-electron chi connectivity index (χ3n) is 2.68. The fourth-order valence-electron chi connectivity index (χ4n) is 1.74. The fraction of sp³-hybridized carbons (Fsp3) is 0.533. The fourth-order valence-corrected chi connectivity index (χ4v) is 3.09. The second-order valence-electron chi connectivity index (χ2n) is 4.48. The van der Waals surface area contributed by atoms with Gasteiger partial charge in [0.1, 0.15) is 0 Å². The number of rotatable bonds is 9. The highest BCUT2D eigenvalue weighted by molar-refractivity contribution is 8.14. The topological polar surface area (TPSA) is 46.6 Å². The van der Waals surface area contributed by atoms with Crippen molar-refractivity contribution in [3.63, 3.8) is 0 Å². The van der Waals surface area contributed by atoms with Crippen LogP contribution in [-0.4, -0.2) is 33.2 Å². The van der Waals surface area contributed by atoms with Crippen molar-refractivity contribution in [2.24, 2.45) is 0 Å². The van der Waals surface area contributed by atoms with Gasteiger partial charge in [-0.2, -0.15) is 9.35 Å². The molecule has 0 N–H and O–H groups in total. The maximum Gasteiger partial charge on any atom is 0.219 e. The van der Waals surface area contributed by atoms with Gasteiger partial charge in [-0.3, -0.25) is 4.79 Å². The number of benzene rings is 1. The summed E-state index contributed by atoms with van der Waals surface area (Å²) in [5.74, 6) is 0.749. The molecule has 6 heteroatoms. The first-order chi connectivity index (χ1) is 10.1. The number of nitrogens with zero attached hydrogens (tertiary/aromatic N) is 1. The van der Waals surface area contributed by atoms with Crippen LogP contribution in [0.3, 0.4) is 0 Å². The summed E-state index contributed by atoms with van der Waals surface area (Å²) in [5.41, 5.74) is 0.626. The van der Waals surface area contributed by atoms with Gasteiger partial charge in [-0.05, 0) is 42.9 Å². The Bertz CT molecular complexity index is 456. The molecule has 0 radical (unpaired) electrons. The van der Waals surface area contributed by atoms with Crippen LogP contribution in [0.25, 0.3) is 0 Å². The first-order valence-corrected chi connectivity index (χ1v) is 9.30. The van der Waals surface area contributed by atoms with Gasteiger partial charge in [0.2, 0.25) is 16.2 Å². The Kier molecular flexibility index (Phi) is 8.84. The Morgan fingerprint density at radius 1 is 1.14 bits per heavy atom. The summed E-state index contributed by atoms with van der Waals surface area (Å²) in [7, 11) is 0. The van der Waals surface area contributed by atoms with Gasteiger partial charge in [0, 0.05) is 18.7 Å². The van der Waals surface area contributed by atoms with E-state index in [4.69, 9.17) is 4.28 Å². The molecule has 1 rings (SSSR count). The predicted molar refractivity (Wildman–Crippen MR) is 88.6 cm³/mol. The van der Waals surface area contributed by atoms with Crippen molar-refractivity contribution in [3.8, 4) is 0 Å². The SMILES string of the molecule is CCCN(CCC)O[S@@](=O)c1ccc(C(=O)SCC)cc1. The van der Waals surface area contributed by atoms with Gasteiger partial charge >= 0.3 is 0 Å². The van der Waals surface area contributed by atoms with Gasteiger partial charge in [-0.25, -0.2) is 4.21 Å². The smallest absolute Gasteiger partial charge is 0.219 e. The zero-order chi connectivity index (χ0) is 15.7. The summed E-state index contributed by atoms with van der Waals surface area (Å²) in [6.07, 6.45) is 1.89. The number of thioether (sulfide) groups is 1. The lowest BCUT2D eigenvalue weighted by Gasteiger charge is -2.18. The minimum absolute atomic E-state index is 0.0364. The molecule has 0 amide bonds. The molecule has 4 nitrogen and oxygen atoms in total. The summed E-state index contributed by atoms with van der Waals surface area (Å²) >= 11 is -0.266. The van der Waals surface area contributed by atoms with Crippen LogP contribution in [0, 0.1) is 0 Å². The number of hydrogen-bond acceptors (Lipinski definition) is 5. The Labute approximate surface area is 133 Å². The van der Waals surface area contributed by atoms with E-state index in [9.17, 15) is 9.00 Å². The normalized spacial score (nSPS) is 12.6. The molecule has 0 aliphatic heterocycles. The van der Waals surface area contributed by atoms with E-state index in [1.54, 1.807) is 29.3 Å². The first kappa shape index (κ1) is 18.4. The molecule has 1 aromatic carbocycles. The van der Waals surface area contributed by atoms with E-state index in [0.29, 0.717) is 10.5 Å². The zero-order valence-electron chi connectivity index (χ0n) is 12.8. The Morgan fingerprint density at radius 3 is 2.19 bits per heavy atom. The second-order valence-corrected chi connectivity index (χ2v) is 6.81. The van der Waals surface area contributed by atoms with E-state index in [2.05, 4.69) is 13.8 Å². The minimum atomic E-state index is -1.53. The molecular formula is C15H23NO3S2. The number of hydrogen-bond donors (Lipinski definition) is 0. The van der Waals surface area contributed by atoms with Crippen molar-refractivity contribution in [2.75, 3.05) is 18.8 Å². The van der Waals surface area contributed by atoms with Crippen molar-refractivity contribution in [1.29, 1.82) is 0 Å². The number of carbonyl (C=O) groups excluding carboxylic acids is 1. The van der Waals surface area contributed by atoms with Crippen LogP contribution < -0.4 is 0 Å². The van der Waals surface area contributed by atoms with Gasteiger partial charge < -0.3 is 0 Å². The van der Waals surface area contributed by atoms with Gasteiger partial charge in [0.15, 0.2) is 0 Å². The minimum Gasteiger partial charge on any atom is -0.282 e. The molecule has 21 heavy (non-hydrogen) atoms. The Hall–Kier alpha value is -0.690. The largest absolute Gasteiger partial charge is 0.282 e. The van der Waals surface area contributed by atoms with Crippen molar-refractivity contribution in [1.82, 2.24) is 5.06 Å². The lowest BCUT2D eigenvalue weighted by Crippen LogP contribution is -2.26. The standard InChI is InChI=1S/C15H23NO3S2/c1-4-11-16(12-5-2)19-21(18)14-9-7-13(8-10-14)15(17)20-6-3/h7-10H,4-6,11-12H2,1-3H3/t21-/m1/s1. The molecule has 0 heterocycles. The molecule has 118 valence electrons. The van der Waals surface area contributed by atoms with Crippen LogP contribution in [0.4, 0.5) is 0 Å². The average Bonchev–Trinajstić information content (AvgIpc) is 2.48. The van der Waals surface area contributed by atoms with Crippen LogP contribution in [0.5, 0.6) is 0 Å². The molecule has 1 atom stereocenters. The van der Waals surface area contributed by atoms with Crippen LogP contribution in [0.15, 0.2) is 29.2 Å². The van der Waals surface area contributed by atoms with Crippen LogP contribution in [0.1, 0.15) is 44.0 Å². The van der Waals surface area contributed by atoms with E-state index >= 15 is 0 Å². The summed E-state index contributed by atoms with van der Waals surface area (Å²) in [6, 6.07) is 6.78. The van der Waals surface area contributed by atoms with Crippen molar-refractivity contribution < 1.29 is 13.3 Å². The molecule has 0 bridgehead atoms. The Balaban J connectivity index is 2.67. The quantitative estimate of drug-likeness (QED) is 0.647. The molecular weight excluding hydrogens is 306 g/mol. The third kappa shape index (κ3) is 6.30. The van der Waals surface area contributed by atoms with Crippen molar-refractivity contribution in [2.45, 2.75) is 38.5 Å². The average molecular weight is 329 g/mol. The second kappa shape index (κ2) is 10.1. The van der Waals surface area contributed by atoms with E-state index in [1.807, 2.05) is 6.92 Å². The van der Waals surface area contributed by atoms with E-state index in [-0.39, 0.29) is 5.12 Å². The van der Waals surface area contributed by atoms with E-state index in [1.165, 1.54) is 11.8 Å². The van der Waals surface area contributed by atoms with Crippen molar-refractivity contribution in [3.05, 3.63) is 29.8 Å². The maximum absolute atomic E-state index is 12.2. The lowest BCUT2D eigenvalue weighted by molar-refractivity contribution is -0.0443. The monoisotopic (exact) mass is 329 g/mol. The molecule has 0 aromatic heterocycles. The zero-order valence-corrected chi connectivity index (χ0v) is 14.5. The summed E-state index contributed by atoms with van der Waals surface area (Å²) in [5, 5.41) is 1.77. The highest BCUT2D eigenvalue weighted by Gasteiger charge is 2.12. The summed E-state index contributed by atoms with van der Waals surface area (Å²) < 4.78 is 17.6. The van der Waals surface area contributed by atoms with Gasteiger partial charge in [0.05, 0.1) is 4.90 Å². The molecule has 0 unspecified atom stereocenters. The highest BCUT2D eigenvalue weighted by Crippen LogP contribution is 2.16. The van der Waals surface area contributed by atoms with E-state index < -0.39 is 11.1 Å². The summed E-state index contributed by atoms with van der Waals surface area (Å²) in [4.78, 5) is 12.3. The molecule has 0 spiro atoms. The first-order valence-electron chi connectivity index (χ1n) is 7.24. The highest BCUT2D eigenvalue weighted by atomic mass is 32.2. The summed E-state index contributed by atoms with van der Waals surface area (Å²) in [6.45, 7) is 7.56.